The van der Waals surface area contributed by atoms with Gasteiger partial charge in [-0.15, -0.1) is 0 Å². The number of hydrogen-bond acceptors (Lipinski definition) is 7. The molecule has 3 rings (SSSR count). The molecule has 2 aliphatic rings. The van der Waals surface area contributed by atoms with Gasteiger partial charge in [0.05, 0.1) is 0 Å². The Balaban J connectivity index is 1.63. The molecule has 1 aromatic rings. The van der Waals surface area contributed by atoms with E-state index in [0.29, 0.717) is 11.9 Å². The van der Waals surface area contributed by atoms with Gasteiger partial charge in [-0.2, -0.15) is 9.97 Å². The molecule has 0 bridgehead atoms. The van der Waals surface area contributed by atoms with Crippen LogP contribution in [0.4, 0.5) is 17.6 Å². The Morgan fingerprint density at radius 3 is 2.72 bits per heavy atom. The first-order chi connectivity index (χ1) is 8.74. The standard InChI is InChI=1S/C11H19N7/c12-11-15-9(5-10(16-11)17-13)14-7-3-4-18(6-7)8-1-2-8/h5,7-8H,1-4,6,13H2,(H4,12,14,15,16,17). The van der Waals surface area contributed by atoms with Crippen LogP contribution in [0.15, 0.2) is 6.07 Å². The Kier molecular flexibility index (Phi) is 2.92. The molecule has 0 aromatic carbocycles. The second-order valence-electron chi connectivity index (χ2n) is 5.00. The minimum absolute atomic E-state index is 0.227. The zero-order valence-electron chi connectivity index (χ0n) is 10.3. The van der Waals surface area contributed by atoms with Crippen LogP contribution in [0.3, 0.4) is 0 Å². The summed E-state index contributed by atoms with van der Waals surface area (Å²) in [6.07, 6.45) is 3.86. The predicted molar refractivity (Wildman–Crippen MR) is 70.9 cm³/mol. The molecule has 0 radical (unpaired) electrons. The van der Waals surface area contributed by atoms with Crippen LogP contribution < -0.4 is 22.3 Å². The van der Waals surface area contributed by atoms with Gasteiger partial charge in [0.2, 0.25) is 5.95 Å². The monoisotopic (exact) mass is 249 g/mol. The normalized spacial score (nSPS) is 24.2. The van der Waals surface area contributed by atoms with Gasteiger partial charge in [0.15, 0.2) is 0 Å². The number of nitrogens with zero attached hydrogens (tertiary/aromatic N) is 3. The van der Waals surface area contributed by atoms with Crippen LogP contribution in [0.2, 0.25) is 0 Å². The van der Waals surface area contributed by atoms with Gasteiger partial charge in [-0.3, -0.25) is 4.90 Å². The minimum Gasteiger partial charge on any atom is -0.368 e. The summed E-state index contributed by atoms with van der Waals surface area (Å²) in [6, 6.07) is 3.04. The summed E-state index contributed by atoms with van der Waals surface area (Å²) < 4.78 is 0. The van der Waals surface area contributed by atoms with Crippen molar-refractivity contribution in [2.75, 3.05) is 29.6 Å². The summed E-state index contributed by atoms with van der Waals surface area (Å²) in [5.74, 6) is 6.82. The van der Waals surface area contributed by atoms with E-state index in [2.05, 4.69) is 25.6 Å². The number of anilines is 3. The van der Waals surface area contributed by atoms with Gasteiger partial charge >= 0.3 is 0 Å². The van der Waals surface area contributed by atoms with Crippen LogP contribution in [-0.4, -0.2) is 40.0 Å². The van der Waals surface area contributed by atoms with Gasteiger partial charge in [-0.25, -0.2) is 5.84 Å². The first kappa shape index (κ1) is 11.5. The third-order valence-electron chi connectivity index (χ3n) is 3.53. The smallest absolute Gasteiger partial charge is 0.223 e. The second kappa shape index (κ2) is 4.58. The quantitative estimate of drug-likeness (QED) is 0.439. The highest BCUT2D eigenvalue weighted by molar-refractivity contribution is 5.50. The maximum absolute atomic E-state index is 5.63. The number of nitrogens with two attached hydrogens (primary N) is 2. The molecule has 0 spiro atoms. The third kappa shape index (κ3) is 2.46. The van der Waals surface area contributed by atoms with Crippen LogP contribution in [0.1, 0.15) is 19.3 Å². The number of nitrogen functional groups attached to an aromatic ring is 2. The summed E-state index contributed by atoms with van der Waals surface area (Å²) in [6.45, 7) is 2.25. The number of likely N-dealkylation sites (tertiary alicyclic amines) is 1. The molecule has 1 saturated carbocycles. The number of hydrazine groups is 1. The average molecular weight is 249 g/mol. The van der Waals surface area contributed by atoms with Crippen LogP contribution in [0.25, 0.3) is 0 Å². The van der Waals surface area contributed by atoms with Crippen LogP contribution in [0.5, 0.6) is 0 Å². The zero-order valence-corrected chi connectivity index (χ0v) is 10.3. The van der Waals surface area contributed by atoms with Crippen molar-refractivity contribution < 1.29 is 0 Å². The molecule has 1 aromatic heterocycles. The fraction of sp³-hybridized carbons (Fsp3) is 0.636. The Morgan fingerprint density at radius 1 is 1.22 bits per heavy atom. The van der Waals surface area contributed by atoms with Crippen molar-refractivity contribution in [3.63, 3.8) is 0 Å². The van der Waals surface area contributed by atoms with Gasteiger partial charge in [0.1, 0.15) is 11.6 Å². The van der Waals surface area contributed by atoms with Crippen molar-refractivity contribution in [1.82, 2.24) is 14.9 Å². The number of nitrogens with one attached hydrogen (secondary N) is 2. The lowest BCUT2D eigenvalue weighted by atomic mass is 10.2. The largest absolute Gasteiger partial charge is 0.368 e. The number of hydrogen-bond donors (Lipinski definition) is 4. The zero-order chi connectivity index (χ0) is 12.5. The molecule has 2 heterocycles. The molecule has 1 atom stereocenters. The van der Waals surface area contributed by atoms with Crippen LogP contribution in [0, 0.1) is 0 Å². The SMILES string of the molecule is NNc1cc(NC2CCN(C3CC3)C2)nc(N)n1. The van der Waals surface area contributed by atoms with Crippen LogP contribution in [-0.2, 0) is 0 Å². The predicted octanol–water partition coefficient (Wildman–Crippen LogP) is -0.00700. The molecular formula is C11H19N7. The summed E-state index contributed by atoms with van der Waals surface area (Å²) in [5.41, 5.74) is 8.12. The molecular weight excluding hydrogens is 230 g/mol. The number of rotatable bonds is 4. The highest BCUT2D eigenvalue weighted by atomic mass is 15.3. The topological polar surface area (TPSA) is 105 Å². The molecule has 0 amide bonds. The van der Waals surface area contributed by atoms with Gasteiger partial charge in [0, 0.05) is 31.2 Å². The highest BCUT2D eigenvalue weighted by Crippen LogP contribution is 2.30. The Hall–Kier alpha value is -1.60. The van der Waals surface area contributed by atoms with E-state index in [-0.39, 0.29) is 5.95 Å². The van der Waals surface area contributed by atoms with Crippen molar-refractivity contribution in [2.45, 2.75) is 31.3 Å². The summed E-state index contributed by atoms with van der Waals surface area (Å²) in [7, 11) is 0. The highest BCUT2D eigenvalue weighted by Gasteiger charge is 2.34. The molecule has 98 valence electrons. The van der Waals surface area contributed by atoms with Crippen molar-refractivity contribution in [3.05, 3.63) is 6.07 Å². The van der Waals surface area contributed by atoms with E-state index in [1.165, 1.54) is 19.4 Å². The average Bonchev–Trinajstić information content (AvgIpc) is 3.10. The van der Waals surface area contributed by atoms with E-state index < -0.39 is 0 Å². The molecule has 2 fully saturated rings. The van der Waals surface area contributed by atoms with E-state index in [4.69, 9.17) is 11.6 Å². The second-order valence-corrected chi connectivity index (χ2v) is 5.00. The Bertz CT molecular complexity index is 431. The molecule has 18 heavy (non-hydrogen) atoms. The van der Waals surface area contributed by atoms with Gasteiger partial charge in [0.25, 0.3) is 0 Å². The summed E-state index contributed by atoms with van der Waals surface area (Å²) in [4.78, 5) is 10.7. The molecule has 1 unspecified atom stereocenters. The van der Waals surface area contributed by atoms with E-state index in [0.717, 1.165) is 24.8 Å². The maximum atomic E-state index is 5.63. The first-order valence-electron chi connectivity index (χ1n) is 6.36. The first-order valence-corrected chi connectivity index (χ1v) is 6.36. The lowest BCUT2D eigenvalue weighted by Gasteiger charge is -2.16. The van der Waals surface area contributed by atoms with Crippen molar-refractivity contribution >= 4 is 17.6 Å². The third-order valence-corrected chi connectivity index (χ3v) is 3.53. The van der Waals surface area contributed by atoms with E-state index in [9.17, 15) is 0 Å². The minimum atomic E-state index is 0.227. The van der Waals surface area contributed by atoms with Gasteiger partial charge in [-0.05, 0) is 19.3 Å². The van der Waals surface area contributed by atoms with Crippen LogP contribution >= 0.6 is 0 Å². The van der Waals surface area contributed by atoms with Gasteiger partial charge in [-0.1, -0.05) is 0 Å². The summed E-state index contributed by atoms with van der Waals surface area (Å²) in [5, 5.41) is 3.40. The lowest BCUT2D eigenvalue weighted by molar-refractivity contribution is 0.326. The molecule has 6 N–H and O–H groups in total. The molecule has 7 nitrogen and oxygen atoms in total. The van der Waals surface area contributed by atoms with Crippen molar-refractivity contribution in [2.24, 2.45) is 5.84 Å². The van der Waals surface area contributed by atoms with Crippen molar-refractivity contribution in [1.29, 1.82) is 0 Å². The lowest BCUT2D eigenvalue weighted by Crippen LogP contribution is -2.28. The number of aromatic nitrogens is 2. The maximum Gasteiger partial charge on any atom is 0.223 e. The van der Waals surface area contributed by atoms with Gasteiger partial charge < -0.3 is 16.5 Å². The van der Waals surface area contributed by atoms with E-state index >= 15 is 0 Å². The fourth-order valence-corrected chi connectivity index (χ4v) is 2.50. The molecule has 1 aliphatic carbocycles. The summed E-state index contributed by atoms with van der Waals surface area (Å²) >= 11 is 0. The molecule has 1 saturated heterocycles. The fourth-order valence-electron chi connectivity index (χ4n) is 2.50. The molecule has 7 heteroatoms. The van der Waals surface area contributed by atoms with Crippen molar-refractivity contribution in [3.8, 4) is 0 Å². The Labute approximate surface area is 106 Å². The van der Waals surface area contributed by atoms with E-state index in [1.807, 2.05) is 0 Å². The van der Waals surface area contributed by atoms with E-state index in [1.54, 1.807) is 6.07 Å². The Morgan fingerprint density at radius 2 is 2.00 bits per heavy atom. The molecule has 1 aliphatic heterocycles.